The Morgan fingerprint density at radius 3 is 2.27 bits per heavy atom. The highest BCUT2D eigenvalue weighted by molar-refractivity contribution is 5.91. The van der Waals surface area contributed by atoms with Crippen LogP contribution in [0.3, 0.4) is 0 Å². The lowest BCUT2D eigenvalue weighted by molar-refractivity contribution is 0.203. The molecule has 45 heavy (non-hydrogen) atoms. The summed E-state index contributed by atoms with van der Waals surface area (Å²) in [4.78, 5) is 35.2. The van der Waals surface area contributed by atoms with Gasteiger partial charge in [-0.3, -0.25) is 14.7 Å². The zero-order chi connectivity index (χ0) is 31.6. The van der Waals surface area contributed by atoms with Gasteiger partial charge in [-0.15, -0.1) is 0 Å². The molecule has 7 nitrogen and oxygen atoms in total. The minimum atomic E-state index is -0.126. The van der Waals surface area contributed by atoms with Gasteiger partial charge >= 0.3 is 0 Å². The molecule has 0 aliphatic carbocycles. The molecule has 230 valence electrons. The summed E-state index contributed by atoms with van der Waals surface area (Å²) in [5.74, 6) is 1.33. The molecule has 0 spiro atoms. The first-order valence-corrected chi connectivity index (χ1v) is 16.1. The molecule has 1 fully saturated rings. The average Bonchev–Trinajstić information content (AvgIpc) is 3.62. The molecule has 2 aromatic carbocycles. The van der Waals surface area contributed by atoms with Gasteiger partial charge in [0.15, 0.2) is 5.82 Å². The van der Waals surface area contributed by atoms with Crippen LogP contribution in [-0.4, -0.2) is 42.9 Å². The lowest BCUT2D eigenvalue weighted by Gasteiger charge is -2.31. The summed E-state index contributed by atoms with van der Waals surface area (Å²) in [7, 11) is 0. The SMILES string of the molecule is CC.CC.O=c1[nH]ccc2nc(-c3ccc(CN4CCC(c5cnc(-c6ccccn6)[nH]5)CC4)cc3)c(-c3ccccc3)cc12. The molecule has 0 radical (unpaired) electrons. The Morgan fingerprint density at radius 1 is 0.822 bits per heavy atom. The van der Waals surface area contributed by atoms with Gasteiger partial charge in [0.2, 0.25) is 0 Å². The number of hydrogen-bond acceptors (Lipinski definition) is 5. The number of likely N-dealkylation sites (tertiary alicyclic amines) is 1. The second-order valence-electron chi connectivity index (χ2n) is 10.6. The van der Waals surface area contributed by atoms with E-state index in [9.17, 15) is 4.79 Å². The van der Waals surface area contributed by atoms with E-state index in [0.717, 1.165) is 66.4 Å². The second-order valence-corrected chi connectivity index (χ2v) is 10.6. The topological polar surface area (TPSA) is 90.6 Å². The summed E-state index contributed by atoms with van der Waals surface area (Å²) < 4.78 is 0. The van der Waals surface area contributed by atoms with Crippen molar-refractivity contribution < 1.29 is 0 Å². The van der Waals surface area contributed by atoms with Crippen LogP contribution in [0.25, 0.3) is 44.8 Å². The first kappa shape index (κ1) is 31.5. The van der Waals surface area contributed by atoms with E-state index < -0.39 is 0 Å². The van der Waals surface area contributed by atoms with Gasteiger partial charge in [-0.25, -0.2) is 9.97 Å². The second kappa shape index (κ2) is 15.2. The number of pyridine rings is 3. The number of H-pyrrole nitrogens is 2. The zero-order valence-corrected chi connectivity index (χ0v) is 26.6. The highest BCUT2D eigenvalue weighted by atomic mass is 16.1. The van der Waals surface area contributed by atoms with Gasteiger partial charge in [0.25, 0.3) is 5.56 Å². The van der Waals surface area contributed by atoms with E-state index in [1.807, 2.05) is 82.4 Å². The maximum atomic E-state index is 12.5. The molecule has 0 amide bonds. The van der Waals surface area contributed by atoms with E-state index >= 15 is 0 Å². The van der Waals surface area contributed by atoms with Gasteiger partial charge < -0.3 is 9.97 Å². The van der Waals surface area contributed by atoms with Crippen molar-refractivity contribution in [3.63, 3.8) is 0 Å². The third kappa shape index (κ3) is 7.27. The predicted octanol–water partition coefficient (Wildman–Crippen LogP) is 8.47. The molecule has 0 bridgehead atoms. The summed E-state index contributed by atoms with van der Waals surface area (Å²) in [6.45, 7) is 11.0. The number of fused-ring (bicyclic) bond motifs is 1. The van der Waals surface area contributed by atoms with Gasteiger partial charge in [0.1, 0.15) is 5.69 Å². The first-order chi connectivity index (χ1) is 22.2. The highest BCUT2D eigenvalue weighted by Gasteiger charge is 2.23. The van der Waals surface area contributed by atoms with Gasteiger partial charge in [-0.05, 0) is 61.3 Å². The fourth-order valence-corrected chi connectivity index (χ4v) is 5.77. The summed E-state index contributed by atoms with van der Waals surface area (Å²) >= 11 is 0. The first-order valence-electron chi connectivity index (χ1n) is 16.1. The lowest BCUT2D eigenvalue weighted by atomic mass is 9.93. The maximum absolute atomic E-state index is 12.5. The van der Waals surface area contributed by atoms with Gasteiger partial charge in [-0.1, -0.05) is 88.4 Å². The van der Waals surface area contributed by atoms with Crippen molar-refractivity contribution in [2.75, 3.05) is 13.1 Å². The highest BCUT2D eigenvalue weighted by Crippen LogP contribution is 2.33. The number of benzene rings is 2. The Bertz CT molecular complexity index is 1840. The number of aromatic amines is 2. The van der Waals surface area contributed by atoms with Crippen LogP contribution in [0.4, 0.5) is 0 Å². The van der Waals surface area contributed by atoms with E-state index in [4.69, 9.17) is 4.98 Å². The molecular weight excluding hydrogens is 556 g/mol. The molecule has 7 rings (SSSR count). The Hall–Kier alpha value is -4.88. The standard InChI is InChI=1S/C34H30N6O.2C2H6/c41-34-28-20-27(24-6-2-1-3-7-24)32(38-29(28)13-17-36-34)26-11-9-23(10-12-26)22-40-18-14-25(15-19-40)31-21-37-33(39-31)30-8-4-5-16-35-30;2*1-2/h1-13,16-17,20-21,25H,14-15,18-19,22H2,(H,36,41)(H,37,39);2*1-2H3. The number of nitrogens with one attached hydrogen (secondary N) is 2. The van der Waals surface area contributed by atoms with Crippen LogP contribution < -0.4 is 5.56 Å². The summed E-state index contributed by atoms with van der Waals surface area (Å²) in [5, 5.41) is 0.596. The quantitative estimate of drug-likeness (QED) is 0.201. The minimum absolute atomic E-state index is 0.126. The van der Waals surface area contributed by atoms with E-state index in [0.29, 0.717) is 16.8 Å². The number of nitrogens with zero attached hydrogens (tertiary/aromatic N) is 4. The lowest BCUT2D eigenvalue weighted by Crippen LogP contribution is -2.32. The molecule has 1 aliphatic heterocycles. The van der Waals surface area contributed by atoms with Crippen molar-refractivity contribution in [2.24, 2.45) is 0 Å². The third-order valence-electron chi connectivity index (χ3n) is 8.00. The Labute approximate surface area is 265 Å². The Balaban J connectivity index is 0.000000963. The van der Waals surface area contributed by atoms with Crippen LogP contribution in [0.15, 0.2) is 108 Å². The van der Waals surface area contributed by atoms with E-state index in [2.05, 4.69) is 61.2 Å². The number of rotatable bonds is 6. The van der Waals surface area contributed by atoms with E-state index in [-0.39, 0.29) is 5.56 Å². The maximum Gasteiger partial charge on any atom is 0.257 e. The molecule has 7 heteroatoms. The van der Waals surface area contributed by atoms with Crippen LogP contribution in [0.5, 0.6) is 0 Å². The summed E-state index contributed by atoms with van der Waals surface area (Å²) in [6.07, 6.45) is 7.63. The molecule has 1 saturated heterocycles. The zero-order valence-electron chi connectivity index (χ0n) is 26.6. The number of piperidine rings is 1. The molecule has 6 aromatic rings. The number of hydrogen-bond donors (Lipinski definition) is 2. The molecular formula is C38H42N6O. The van der Waals surface area contributed by atoms with E-state index in [1.165, 1.54) is 11.3 Å². The number of imidazole rings is 1. The van der Waals surface area contributed by atoms with Crippen molar-refractivity contribution in [1.82, 2.24) is 29.8 Å². The van der Waals surface area contributed by atoms with Gasteiger partial charge in [-0.2, -0.15) is 0 Å². The predicted molar refractivity (Wildman–Crippen MR) is 185 cm³/mol. The van der Waals surface area contributed by atoms with Gasteiger partial charge in [0.05, 0.1) is 16.6 Å². The summed E-state index contributed by atoms with van der Waals surface area (Å²) in [5.41, 5.74) is 7.84. The Kier molecular flexibility index (Phi) is 10.7. The molecule has 0 unspecified atom stereocenters. The van der Waals surface area contributed by atoms with Crippen LogP contribution >= 0.6 is 0 Å². The van der Waals surface area contributed by atoms with Crippen molar-refractivity contribution in [3.8, 4) is 33.9 Å². The average molecular weight is 599 g/mol. The molecule has 2 N–H and O–H groups in total. The normalized spacial score (nSPS) is 13.4. The monoisotopic (exact) mass is 598 g/mol. The smallest absolute Gasteiger partial charge is 0.257 e. The summed E-state index contributed by atoms with van der Waals surface area (Å²) in [6, 6.07) is 28.5. The fourth-order valence-electron chi connectivity index (χ4n) is 5.77. The van der Waals surface area contributed by atoms with E-state index in [1.54, 1.807) is 12.4 Å². The van der Waals surface area contributed by atoms with Crippen LogP contribution in [0.2, 0.25) is 0 Å². The van der Waals surface area contributed by atoms with Crippen molar-refractivity contribution in [3.05, 3.63) is 125 Å². The minimum Gasteiger partial charge on any atom is -0.340 e. The molecule has 1 aliphatic rings. The van der Waals surface area contributed by atoms with Crippen molar-refractivity contribution in [2.45, 2.75) is 53.0 Å². The largest absolute Gasteiger partial charge is 0.340 e. The van der Waals surface area contributed by atoms with Gasteiger partial charge in [0, 0.05) is 47.9 Å². The molecule has 5 heterocycles. The van der Waals surface area contributed by atoms with Crippen LogP contribution in [-0.2, 0) is 6.54 Å². The van der Waals surface area contributed by atoms with Crippen molar-refractivity contribution >= 4 is 10.9 Å². The Morgan fingerprint density at radius 2 is 1.56 bits per heavy atom. The molecule has 4 aromatic heterocycles. The van der Waals surface area contributed by atoms with Crippen LogP contribution in [0, 0.1) is 0 Å². The van der Waals surface area contributed by atoms with Crippen LogP contribution in [0.1, 0.15) is 57.7 Å². The fraction of sp³-hybridized carbons (Fsp3) is 0.263. The third-order valence-corrected chi connectivity index (χ3v) is 8.00. The van der Waals surface area contributed by atoms with Crippen molar-refractivity contribution in [1.29, 1.82) is 0 Å². The molecule has 0 atom stereocenters. The number of aromatic nitrogens is 5. The molecule has 0 saturated carbocycles.